The first-order valence-corrected chi connectivity index (χ1v) is 11.8. The van der Waals surface area contributed by atoms with Gasteiger partial charge in [0.1, 0.15) is 0 Å². The minimum atomic E-state index is -3.60. The van der Waals surface area contributed by atoms with E-state index >= 15 is 0 Å². The lowest BCUT2D eigenvalue weighted by molar-refractivity contribution is 0.0318. The van der Waals surface area contributed by atoms with Crippen LogP contribution in [-0.2, 0) is 20.2 Å². The maximum Gasteiger partial charge on any atom is 0.338 e. The van der Waals surface area contributed by atoms with E-state index in [-0.39, 0.29) is 21.7 Å². The molecule has 2 aromatic rings. The summed E-state index contributed by atoms with van der Waals surface area (Å²) in [6.45, 7) is 12.0. The Kier molecular flexibility index (Phi) is 7.78. The molecule has 6 nitrogen and oxygen atoms in total. The average molecular weight is 446 g/mol. The second-order valence-electron chi connectivity index (χ2n) is 8.35. The van der Waals surface area contributed by atoms with Crippen LogP contribution in [0.4, 0.5) is 0 Å². The molecule has 1 atom stereocenters. The number of rotatable bonds is 8. The first-order valence-electron chi connectivity index (χ1n) is 10.4. The van der Waals surface area contributed by atoms with Gasteiger partial charge in [0.25, 0.3) is 0 Å². The highest BCUT2D eigenvalue weighted by atomic mass is 32.2. The quantitative estimate of drug-likeness (QED) is 0.443. The van der Waals surface area contributed by atoms with Crippen LogP contribution in [0, 0.1) is 0 Å². The average Bonchev–Trinajstić information content (AvgIpc) is 2.73. The van der Waals surface area contributed by atoms with Crippen molar-refractivity contribution in [2.45, 2.75) is 58.0 Å². The van der Waals surface area contributed by atoms with Crippen LogP contribution in [0.2, 0.25) is 0 Å². The Morgan fingerprint density at radius 1 is 0.903 bits per heavy atom. The van der Waals surface area contributed by atoms with Crippen molar-refractivity contribution < 1.29 is 22.7 Å². The third-order valence-corrected chi connectivity index (χ3v) is 7.19. The third-order valence-electron chi connectivity index (χ3n) is 5.12. The Bertz CT molecular complexity index is 1020. The molecule has 0 aliphatic rings. The number of Topliss-reactive ketones (excluding diaryl/α,β-unsaturated/α-hetero) is 1. The van der Waals surface area contributed by atoms with Crippen molar-refractivity contribution in [3.63, 3.8) is 0 Å². The molecule has 0 aliphatic carbocycles. The van der Waals surface area contributed by atoms with Crippen LogP contribution in [0.15, 0.2) is 53.4 Å². The summed E-state index contributed by atoms with van der Waals surface area (Å²) in [4.78, 5) is 25.2. The van der Waals surface area contributed by atoms with Crippen molar-refractivity contribution in [1.29, 1.82) is 0 Å². The fraction of sp³-hybridized carbons (Fsp3) is 0.417. The first-order chi connectivity index (χ1) is 14.4. The van der Waals surface area contributed by atoms with E-state index < -0.39 is 22.1 Å². The van der Waals surface area contributed by atoms with Gasteiger partial charge in [-0.3, -0.25) is 4.79 Å². The molecule has 0 heterocycles. The molecule has 0 amide bonds. The molecular weight excluding hydrogens is 414 g/mol. The SMILES string of the molecule is CCN(CC)S(=O)(=O)c1ccc(C(=O)O[C@@H](C)C(=O)c2ccc(C(C)(C)C)cc2)cc1. The van der Waals surface area contributed by atoms with Gasteiger partial charge in [-0.1, -0.05) is 58.9 Å². The van der Waals surface area contributed by atoms with Crippen LogP contribution >= 0.6 is 0 Å². The van der Waals surface area contributed by atoms with Gasteiger partial charge in [0.2, 0.25) is 15.8 Å². The van der Waals surface area contributed by atoms with E-state index in [1.54, 1.807) is 26.0 Å². The molecule has 2 aromatic carbocycles. The van der Waals surface area contributed by atoms with Crippen LogP contribution < -0.4 is 0 Å². The van der Waals surface area contributed by atoms with Gasteiger partial charge >= 0.3 is 5.97 Å². The molecule has 0 N–H and O–H groups in total. The highest BCUT2D eigenvalue weighted by Crippen LogP contribution is 2.23. The van der Waals surface area contributed by atoms with Crippen molar-refractivity contribution in [2.75, 3.05) is 13.1 Å². The zero-order chi connectivity index (χ0) is 23.4. The van der Waals surface area contributed by atoms with E-state index in [4.69, 9.17) is 4.74 Å². The monoisotopic (exact) mass is 445 g/mol. The predicted octanol–water partition coefficient (Wildman–Crippen LogP) is 4.44. The van der Waals surface area contributed by atoms with Crippen molar-refractivity contribution in [3.8, 4) is 0 Å². The molecule has 0 aliphatic heterocycles. The molecule has 0 unspecified atom stereocenters. The standard InChI is InChI=1S/C24H31NO5S/c1-7-25(8-2)31(28,29)21-15-11-19(12-16-21)23(27)30-17(3)22(26)18-9-13-20(14-10-18)24(4,5)6/h9-17H,7-8H2,1-6H3/t17-/m0/s1. The van der Waals surface area contributed by atoms with E-state index in [0.29, 0.717) is 18.7 Å². The summed E-state index contributed by atoms with van der Waals surface area (Å²) >= 11 is 0. The molecule has 2 rings (SSSR count). The molecule has 0 saturated heterocycles. The number of benzene rings is 2. The lowest BCUT2D eigenvalue weighted by Crippen LogP contribution is -2.30. The largest absolute Gasteiger partial charge is 0.451 e. The fourth-order valence-corrected chi connectivity index (χ4v) is 4.58. The number of esters is 1. The zero-order valence-corrected chi connectivity index (χ0v) is 19.8. The minimum absolute atomic E-state index is 0.0232. The lowest BCUT2D eigenvalue weighted by Gasteiger charge is -2.19. The summed E-state index contributed by atoms with van der Waals surface area (Å²) in [5.74, 6) is -0.978. The van der Waals surface area contributed by atoms with Gasteiger partial charge in [0, 0.05) is 18.7 Å². The Labute approximate surface area is 185 Å². The molecule has 168 valence electrons. The Morgan fingerprint density at radius 3 is 1.84 bits per heavy atom. The normalized spacial score (nSPS) is 13.1. The topological polar surface area (TPSA) is 80.8 Å². The zero-order valence-electron chi connectivity index (χ0n) is 19.0. The number of ketones is 1. The summed E-state index contributed by atoms with van der Waals surface area (Å²) < 4.78 is 31.8. The van der Waals surface area contributed by atoms with E-state index in [1.165, 1.54) is 35.5 Å². The highest BCUT2D eigenvalue weighted by molar-refractivity contribution is 7.89. The van der Waals surface area contributed by atoms with E-state index in [1.807, 2.05) is 12.1 Å². The summed E-state index contributed by atoms with van der Waals surface area (Å²) in [5.41, 5.74) is 1.73. The van der Waals surface area contributed by atoms with Crippen LogP contribution in [0.3, 0.4) is 0 Å². The number of carbonyl (C=O) groups excluding carboxylic acids is 2. The fourth-order valence-electron chi connectivity index (χ4n) is 3.13. The molecule has 0 bridgehead atoms. The molecule has 7 heteroatoms. The van der Waals surface area contributed by atoms with E-state index in [9.17, 15) is 18.0 Å². The maximum absolute atomic E-state index is 12.6. The number of nitrogens with zero attached hydrogens (tertiary/aromatic N) is 1. The van der Waals surface area contributed by atoms with Crippen molar-refractivity contribution in [1.82, 2.24) is 4.31 Å². The van der Waals surface area contributed by atoms with E-state index in [2.05, 4.69) is 20.8 Å². The van der Waals surface area contributed by atoms with Gasteiger partial charge < -0.3 is 4.74 Å². The number of ether oxygens (including phenoxy) is 1. The number of carbonyl (C=O) groups is 2. The summed E-state index contributed by atoms with van der Waals surface area (Å²) in [7, 11) is -3.60. The highest BCUT2D eigenvalue weighted by Gasteiger charge is 2.24. The second kappa shape index (κ2) is 9.75. The number of hydrogen-bond acceptors (Lipinski definition) is 5. The summed E-state index contributed by atoms with van der Waals surface area (Å²) in [6, 6.07) is 12.8. The molecule has 0 spiro atoms. The van der Waals surface area contributed by atoms with Crippen molar-refractivity contribution in [2.24, 2.45) is 0 Å². The number of sulfonamides is 1. The second-order valence-corrected chi connectivity index (χ2v) is 10.3. The molecule has 0 fully saturated rings. The number of hydrogen-bond donors (Lipinski definition) is 0. The third kappa shape index (κ3) is 5.80. The predicted molar refractivity (Wildman–Crippen MR) is 121 cm³/mol. The smallest absolute Gasteiger partial charge is 0.338 e. The molecule has 0 aromatic heterocycles. The van der Waals surface area contributed by atoms with Gasteiger partial charge in [-0.15, -0.1) is 0 Å². The van der Waals surface area contributed by atoms with Crippen LogP contribution in [0.5, 0.6) is 0 Å². The molecule has 0 radical (unpaired) electrons. The van der Waals surface area contributed by atoms with Gasteiger partial charge in [-0.2, -0.15) is 4.31 Å². The van der Waals surface area contributed by atoms with Gasteiger partial charge in [-0.25, -0.2) is 13.2 Å². The Hall–Kier alpha value is -2.51. The van der Waals surface area contributed by atoms with Crippen molar-refractivity contribution >= 4 is 21.8 Å². The van der Waals surface area contributed by atoms with Gasteiger partial charge in [0.15, 0.2) is 6.10 Å². The molecular formula is C24H31NO5S. The Balaban J connectivity index is 2.10. The first kappa shape index (κ1) is 24.8. The van der Waals surface area contributed by atoms with Crippen LogP contribution in [0.1, 0.15) is 67.8 Å². The summed E-state index contributed by atoms with van der Waals surface area (Å²) in [5, 5.41) is 0. The van der Waals surface area contributed by atoms with E-state index in [0.717, 1.165) is 5.56 Å². The Morgan fingerprint density at radius 2 is 1.39 bits per heavy atom. The van der Waals surface area contributed by atoms with Crippen LogP contribution in [0.25, 0.3) is 0 Å². The molecule has 0 saturated carbocycles. The summed E-state index contributed by atoms with van der Waals surface area (Å²) in [6.07, 6.45) is -0.966. The van der Waals surface area contributed by atoms with Crippen molar-refractivity contribution in [3.05, 3.63) is 65.2 Å². The minimum Gasteiger partial charge on any atom is -0.451 e. The van der Waals surface area contributed by atoms with Gasteiger partial charge in [0.05, 0.1) is 10.5 Å². The van der Waals surface area contributed by atoms with Crippen LogP contribution in [-0.4, -0.2) is 43.7 Å². The molecule has 31 heavy (non-hydrogen) atoms. The van der Waals surface area contributed by atoms with Gasteiger partial charge in [-0.05, 0) is 42.2 Å². The lowest BCUT2D eigenvalue weighted by atomic mass is 9.86. The maximum atomic E-state index is 12.6.